The van der Waals surface area contributed by atoms with Crippen molar-refractivity contribution in [3.8, 4) is 0 Å². The van der Waals surface area contributed by atoms with E-state index in [2.05, 4.69) is 10.3 Å². The van der Waals surface area contributed by atoms with E-state index in [0.717, 1.165) is 24.7 Å². The maximum absolute atomic E-state index is 5.08. The van der Waals surface area contributed by atoms with Crippen molar-refractivity contribution in [3.63, 3.8) is 0 Å². The van der Waals surface area contributed by atoms with E-state index in [9.17, 15) is 0 Å². The summed E-state index contributed by atoms with van der Waals surface area (Å²) >= 11 is 0. The van der Waals surface area contributed by atoms with Crippen molar-refractivity contribution >= 4 is 0 Å². The predicted octanol–water partition coefficient (Wildman–Crippen LogP) is 0.670. The third-order valence-electron chi connectivity index (χ3n) is 1.84. The second-order valence-electron chi connectivity index (χ2n) is 2.65. The number of rotatable bonds is 1. The molecule has 1 fully saturated rings. The average Bonchev–Trinajstić information content (AvgIpc) is 2.10. The monoisotopic (exact) mass is 138 g/mol. The summed E-state index contributed by atoms with van der Waals surface area (Å²) in [5.74, 6) is 1.36. The van der Waals surface area contributed by atoms with Crippen molar-refractivity contribution in [1.82, 2.24) is 10.3 Å². The highest BCUT2D eigenvalue weighted by atomic mass is 16.3. The van der Waals surface area contributed by atoms with Crippen LogP contribution in [0, 0.1) is 6.92 Å². The van der Waals surface area contributed by atoms with Crippen LogP contribution in [-0.4, -0.2) is 18.1 Å². The number of hydrogen-bond donors (Lipinski definition) is 1. The Morgan fingerprint density at radius 1 is 1.70 bits per heavy atom. The topological polar surface area (TPSA) is 38.1 Å². The quantitative estimate of drug-likeness (QED) is 0.619. The van der Waals surface area contributed by atoms with Crippen LogP contribution in [0.15, 0.2) is 10.7 Å². The Balaban J connectivity index is 2.17. The van der Waals surface area contributed by atoms with Crippen molar-refractivity contribution in [1.29, 1.82) is 0 Å². The average molecular weight is 138 g/mol. The van der Waals surface area contributed by atoms with Gasteiger partial charge in [0.2, 0.25) is 0 Å². The summed E-state index contributed by atoms with van der Waals surface area (Å²) < 4.78 is 5.08. The van der Waals surface area contributed by atoms with Gasteiger partial charge in [-0.2, -0.15) is 0 Å². The molecule has 1 aliphatic rings. The number of oxazole rings is 1. The lowest BCUT2D eigenvalue weighted by atomic mass is 10.0. The fraction of sp³-hybridized carbons (Fsp3) is 0.571. The maximum atomic E-state index is 5.08. The van der Waals surface area contributed by atoms with Gasteiger partial charge in [-0.15, -0.1) is 0 Å². The fourth-order valence-corrected chi connectivity index (χ4v) is 1.07. The summed E-state index contributed by atoms with van der Waals surface area (Å²) in [6.45, 7) is 3.97. The molecule has 0 aliphatic carbocycles. The number of nitrogens with zero attached hydrogens (tertiary/aromatic N) is 1. The molecule has 2 heterocycles. The van der Waals surface area contributed by atoms with Crippen molar-refractivity contribution in [3.05, 3.63) is 17.8 Å². The first-order valence-corrected chi connectivity index (χ1v) is 3.49. The van der Waals surface area contributed by atoms with Crippen LogP contribution in [0.4, 0.5) is 0 Å². The zero-order valence-corrected chi connectivity index (χ0v) is 5.92. The molecular weight excluding hydrogens is 128 g/mol. The molecule has 1 aliphatic heterocycles. The van der Waals surface area contributed by atoms with E-state index >= 15 is 0 Å². The summed E-state index contributed by atoms with van der Waals surface area (Å²) in [5.41, 5.74) is 1.09. The Hall–Kier alpha value is -0.830. The molecule has 0 saturated carbocycles. The molecule has 3 nitrogen and oxygen atoms in total. The number of nitrogens with one attached hydrogen (secondary N) is 1. The molecule has 10 heavy (non-hydrogen) atoms. The third-order valence-corrected chi connectivity index (χ3v) is 1.84. The molecule has 1 aromatic heterocycles. The van der Waals surface area contributed by atoms with Gasteiger partial charge < -0.3 is 9.73 Å². The first kappa shape index (κ1) is 5.92. The molecule has 0 bridgehead atoms. The lowest BCUT2D eigenvalue weighted by Crippen LogP contribution is -2.40. The fourth-order valence-electron chi connectivity index (χ4n) is 1.07. The summed E-state index contributed by atoms with van der Waals surface area (Å²) in [7, 11) is 0. The Bertz CT molecular complexity index is 227. The maximum Gasteiger partial charge on any atom is 0.191 e. The van der Waals surface area contributed by atoms with Gasteiger partial charge in [-0.25, -0.2) is 4.98 Å². The van der Waals surface area contributed by atoms with Gasteiger partial charge in [0.05, 0.1) is 5.69 Å². The minimum atomic E-state index is 0.595. The Labute approximate surface area is 59.4 Å². The van der Waals surface area contributed by atoms with E-state index < -0.39 is 0 Å². The van der Waals surface area contributed by atoms with Gasteiger partial charge in [-0.3, -0.25) is 0 Å². The summed E-state index contributed by atoms with van der Waals surface area (Å²) in [4.78, 5) is 4.23. The largest absolute Gasteiger partial charge is 0.449 e. The van der Waals surface area contributed by atoms with Crippen LogP contribution in [0.5, 0.6) is 0 Å². The molecule has 0 unspecified atom stereocenters. The molecular formula is C7H10N2O. The smallest absolute Gasteiger partial charge is 0.191 e. The van der Waals surface area contributed by atoms with Gasteiger partial charge in [0.1, 0.15) is 6.26 Å². The van der Waals surface area contributed by atoms with Crippen molar-refractivity contribution < 1.29 is 4.42 Å². The molecule has 1 aromatic rings. The molecule has 1 saturated heterocycles. The molecule has 3 heteroatoms. The molecule has 0 amide bonds. The zero-order valence-electron chi connectivity index (χ0n) is 5.92. The first-order valence-electron chi connectivity index (χ1n) is 3.49. The second kappa shape index (κ2) is 2.09. The van der Waals surface area contributed by atoms with Gasteiger partial charge in [0.15, 0.2) is 5.89 Å². The standard InChI is InChI=1S/C7H10N2O/c1-5-9-7(4-10-5)6-2-8-3-6/h4,6,8H,2-3H2,1H3. The van der Waals surface area contributed by atoms with Gasteiger partial charge in [-0.05, 0) is 0 Å². The van der Waals surface area contributed by atoms with E-state index in [4.69, 9.17) is 4.42 Å². The molecule has 2 rings (SSSR count). The van der Waals surface area contributed by atoms with Gasteiger partial charge in [0, 0.05) is 25.9 Å². The number of aryl methyl sites for hydroxylation is 1. The van der Waals surface area contributed by atoms with Crippen LogP contribution in [0.3, 0.4) is 0 Å². The SMILES string of the molecule is Cc1nc(C2CNC2)co1. The highest BCUT2D eigenvalue weighted by molar-refractivity contribution is 5.09. The molecule has 0 spiro atoms. The highest BCUT2D eigenvalue weighted by Gasteiger charge is 2.21. The Morgan fingerprint density at radius 2 is 2.50 bits per heavy atom. The van der Waals surface area contributed by atoms with E-state index in [1.165, 1.54) is 0 Å². The Kier molecular flexibility index (Phi) is 1.24. The normalized spacial score (nSPS) is 18.9. The number of aromatic nitrogens is 1. The Morgan fingerprint density at radius 3 is 2.90 bits per heavy atom. The lowest BCUT2D eigenvalue weighted by Gasteiger charge is -2.24. The summed E-state index contributed by atoms with van der Waals surface area (Å²) in [6, 6.07) is 0. The summed E-state index contributed by atoms with van der Waals surface area (Å²) in [5, 5.41) is 3.19. The van der Waals surface area contributed by atoms with Crippen LogP contribution in [0.2, 0.25) is 0 Å². The van der Waals surface area contributed by atoms with Crippen LogP contribution >= 0.6 is 0 Å². The molecule has 0 atom stereocenters. The van der Waals surface area contributed by atoms with E-state index in [0.29, 0.717) is 5.92 Å². The zero-order chi connectivity index (χ0) is 6.97. The van der Waals surface area contributed by atoms with Crippen LogP contribution in [0.1, 0.15) is 17.5 Å². The van der Waals surface area contributed by atoms with Gasteiger partial charge in [-0.1, -0.05) is 0 Å². The van der Waals surface area contributed by atoms with Crippen LogP contribution < -0.4 is 5.32 Å². The highest BCUT2D eigenvalue weighted by Crippen LogP contribution is 2.17. The minimum Gasteiger partial charge on any atom is -0.449 e. The summed E-state index contributed by atoms with van der Waals surface area (Å²) in [6.07, 6.45) is 1.75. The lowest BCUT2D eigenvalue weighted by molar-refractivity contribution is 0.437. The minimum absolute atomic E-state index is 0.595. The second-order valence-corrected chi connectivity index (χ2v) is 2.65. The molecule has 0 aromatic carbocycles. The van der Waals surface area contributed by atoms with Crippen molar-refractivity contribution in [2.45, 2.75) is 12.8 Å². The first-order chi connectivity index (χ1) is 4.86. The molecule has 0 radical (unpaired) electrons. The van der Waals surface area contributed by atoms with E-state index in [1.807, 2.05) is 6.92 Å². The van der Waals surface area contributed by atoms with E-state index in [-0.39, 0.29) is 0 Å². The third kappa shape index (κ3) is 0.827. The molecule has 54 valence electrons. The van der Waals surface area contributed by atoms with Gasteiger partial charge >= 0.3 is 0 Å². The predicted molar refractivity (Wildman–Crippen MR) is 36.9 cm³/mol. The van der Waals surface area contributed by atoms with Gasteiger partial charge in [0.25, 0.3) is 0 Å². The molecule has 1 N–H and O–H groups in total. The number of hydrogen-bond acceptors (Lipinski definition) is 3. The van der Waals surface area contributed by atoms with Crippen LogP contribution in [-0.2, 0) is 0 Å². The van der Waals surface area contributed by atoms with Crippen LogP contribution in [0.25, 0.3) is 0 Å². The van der Waals surface area contributed by atoms with Crippen molar-refractivity contribution in [2.75, 3.05) is 13.1 Å². The van der Waals surface area contributed by atoms with E-state index in [1.54, 1.807) is 6.26 Å². The van der Waals surface area contributed by atoms with Crippen molar-refractivity contribution in [2.24, 2.45) is 0 Å².